The van der Waals surface area contributed by atoms with Gasteiger partial charge in [0.1, 0.15) is 17.9 Å². The summed E-state index contributed by atoms with van der Waals surface area (Å²) >= 11 is 6.26. The number of benzene rings is 1. The molecule has 1 saturated carbocycles. The number of carbonyl (C=O) groups excluding carboxylic acids is 1. The van der Waals surface area contributed by atoms with Gasteiger partial charge in [0, 0.05) is 30.8 Å². The molecule has 3 atom stereocenters. The van der Waals surface area contributed by atoms with Crippen LogP contribution in [-0.2, 0) is 9.53 Å². The molecule has 1 heterocycles. The van der Waals surface area contributed by atoms with Gasteiger partial charge in [-0.05, 0) is 25.3 Å². The molecule has 3 unspecified atom stereocenters. The molecule has 6 heteroatoms. The van der Waals surface area contributed by atoms with Gasteiger partial charge in [0.25, 0.3) is 0 Å². The minimum Gasteiger partial charge on any atom is -0.489 e. The standard InChI is InChI=1S/C15H19ClN2O3/c1-20-8-3-2-4-9(5-8)21-13-7-12-10(6-11(13)16)14(17)15(19)18-12/h6-9,14H,2-5,17H2,1H3,(H,18,19). The molecule has 0 aromatic heterocycles. The average Bonchev–Trinajstić information content (AvgIpc) is 2.75. The van der Waals surface area contributed by atoms with Crippen molar-refractivity contribution in [2.24, 2.45) is 5.73 Å². The number of anilines is 1. The Labute approximate surface area is 128 Å². The maximum absolute atomic E-state index is 11.6. The maximum atomic E-state index is 11.6. The lowest BCUT2D eigenvalue weighted by atomic mass is 9.95. The number of methoxy groups -OCH3 is 1. The van der Waals surface area contributed by atoms with Crippen molar-refractivity contribution in [3.05, 3.63) is 22.7 Å². The first-order valence-electron chi connectivity index (χ1n) is 7.18. The molecule has 1 aromatic carbocycles. The topological polar surface area (TPSA) is 73.6 Å². The average molecular weight is 311 g/mol. The summed E-state index contributed by atoms with van der Waals surface area (Å²) in [6.07, 6.45) is 4.32. The number of hydrogen-bond acceptors (Lipinski definition) is 4. The molecule has 0 spiro atoms. The lowest BCUT2D eigenvalue weighted by molar-refractivity contribution is -0.116. The summed E-state index contributed by atoms with van der Waals surface area (Å²) in [5, 5.41) is 3.23. The van der Waals surface area contributed by atoms with Crippen molar-refractivity contribution in [1.29, 1.82) is 0 Å². The minimum atomic E-state index is -0.654. The molecule has 1 aliphatic carbocycles. The molecule has 0 saturated heterocycles. The monoisotopic (exact) mass is 310 g/mol. The molecule has 3 rings (SSSR count). The molecule has 0 radical (unpaired) electrons. The third-order valence-electron chi connectivity index (χ3n) is 4.18. The zero-order valence-corrected chi connectivity index (χ0v) is 12.7. The summed E-state index contributed by atoms with van der Waals surface area (Å²) in [5.41, 5.74) is 7.21. The van der Waals surface area contributed by atoms with E-state index >= 15 is 0 Å². The lowest BCUT2D eigenvalue weighted by Gasteiger charge is -2.29. The van der Waals surface area contributed by atoms with E-state index in [1.807, 2.05) is 0 Å². The van der Waals surface area contributed by atoms with Gasteiger partial charge >= 0.3 is 0 Å². The SMILES string of the molecule is COC1CCCC(Oc2cc3c(cc2Cl)C(N)C(=O)N3)C1. The lowest BCUT2D eigenvalue weighted by Crippen LogP contribution is -2.29. The van der Waals surface area contributed by atoms with Crippen LogP contribution in [0.2, 0.25) is 5.02 Å². The Kier molecular flexibility index (Phi) is 4.06. The first-order chi connectivity index (χ1) is 10.1. The van der Waals surface area contributed by atoms with Crippen molar-refractivity contribution >= 4 is 23.2 Å². The van der Waals surface area contributed by atoms with Crippen LogP contribution >= 0.6 is 11.6 Å². The van der Waals surface area contributed by atoms with Crippen LogP contribution in [0.5, 0.6) is 5.75 Å². The van der Waals surface area contributed by atoms with E-state index < -0.39 is 6.04 Å². The molecule has 1 aromatic rings. The number of amides is 1. The summed E-state index contributed by atoms with van der Waals surface area (Å²) < 4.78 is 11.4. The molecule has 21 heavy (non-hydrogen) atoms. The summed E-state index contributed by atoms with van der Waals surface area (Å²) in [6, 6.07) is 2.82. The van der Waals surface area contributed by atoms with Gasteiger partial charge in [0.05, 0.1) is 11.1 Å². The fourth-order valence-electron chi connectivity index (χ4n) is 2.98. The third kappa shape index (κ3) is 2.86. The van der Waals surface area contributed by atoms with Gasteiger partial charge in [-0.1, -0.05) is 11.6 Å². The van der Waals surface area contributed by atoms with E-state index in [0.29, 0.717) is 16.5 Å². The Balaban J connectivity index is 1.78. The van der Waals surface area contributed by atoms with Crippen LogP contribution < -0.4 is 15.8 Å². The third-order valence-corrected chi connectivity index (χ3v) is 4.48. The number of rotatable bonds is 3. The summed E-state index contributed by atoms with van der Waals surface area (Å²) in [5.74, 6) is 0.377. The summed E-state index contributed by atoms with van der Waals surface area (Å²) in [6.45, 7) is 0. The normalized spacial score (nSPS) is 28.1. The smallest absolute Gasteiger partial charge is 0.245 e. The van der Waals surface area contributed by atoms with Gasteiger partial charge in [-0.25, -0.2) is 0 Å². The summed E-state index contributed by atoms with van der Waals surface area (Å²) in [7, 11) is 1.73. The number of ether oxygens (including phenoxy) is 2. The predicted molar refractivity (Wildman–Crippen MR) is 80.7 cm³/mol. The summed E-state index contributed by atoms with van der Waals surface area (Å²) in [4.78, 5) is 11.6. The molecule has 5 nitrogen and oxygen atoms in total. The number of fused-ring (bicyclic) bond motifs is 1. The zero-order chi connectivity index (χ0) is 15.0. The van der Waals surface area contributed by atoms with Crippen molar-refractivity contribution in [3.8, 4) is 5.75 Å². The molecule has 1 amide bonds. The quantitative estimate of drug-likeness (QED) is 0.900. The van der Waals surface area contributed by atoms with Crippen molar-refractivity contribution in [1.82, 2.24) is 0 Å². The van der Waals surface area contributed by atoms with E-state index in [-0.39, 0.29) is 18.1 Å². The first-order valence-corrected chi connectivity index (χ1v) is 7.55. The van der Waals surface area contributed by atoms with E-state index in [0.717, 1.165) is 31.2 Å². The molecule has 3 N–H and O–H groups in total. The van der Waals surface area contributed by atoms with Gasteiger partial charge < -0.3 is 20.5 Å². The Hall–Kier alpha value is -1.30. The molecular weight excluding hydrogens is 292 g/mol. The number of hydrogen-bond donors (Lipinski definition) is 2. The number of halogens is 1. The van der Waals surface area contributed by atoms with Crippen molar-refractivity contribution in [3.63, 3.8) is 0 Å². The van der Waals surface area contributed by atoms with Gasteiger partial charge in [-0.2, -0.15) is 0 Å². The van der Waals surface area contributed by atoms with Gasteiger partial charge in [0.15, 0.2) is 0 Å². The minimum absolute atomic E-state index is 0.0880. The molecule has 1 aliphatic heterocycles. The number of carbonyl (C=O) groups is 1. The van der Waals surface area contributed by atoms with Crippen LogP contribution in [0.25, 0.3) is 0 Å². The Bertz CT molecular complexity index is 564. The highest BCUT2D eigenvalue weighted by molar-refractivity contribution is 6.32. The van der Waals surface area contributed by atoms with Gasteiger partial charge in [-0.15, -0.1) is 0 Å². The van der Waals surface area contributed by atoms with Crippen molar-refractivity contribution in [2.75, 3.05) is 12.4 Å². The number of nitrogens with two attached hydrogens (primary N) is 1. The highest BCUT2D eigenvalue weighted by Gasteiger charge is 2.30. The van der Waals surface area contributed by atoms with Gasteiger partial charge in [0.2, 0.25) is 5.91 Å². The van der Waals surface area contributed by atoms with Crippen LogP contribution in [0.4, 0.5) is 5.69 Å². The largest absolute Gasteiger partial charge is 0.489 e. The first kappa shape index (κ1) is 14.6. The molecule has 0 bridgehead atoms. The molecule has 114 valence electrons. The fraction of sp³-hybridized carbons (Fsp3) is 0.533. The van der Waals surface area contributed by atoms with Crippen LogP contribution in [0.15, 0.2) is 12.1 Å². The highest BCUT2D eigenvalue weighted by Crippen LogP contribution is 2.39. The Morgan fingerprint density at radius 2 is 2.10 bits per heavy atom. The van der Waals surface area contributed by atoms with Crippen LogP contribution in [0.3, 0.4) is 0 Å². The second kappa shape index (κ2) is 5.83. The highest BCUT2D eigenvalue weighted by atomic mass is 35.5. The maximum Gasteiger partial charge on any atom is 0.245 e. The molecular formula is C15H19ClN2O3. The molecule has 2 aliphatic rings. The Morgan fingerprint density at radius 3 is 2.86 bits per heavy atom. The van der Waals surface area contributed by atoms with Crippen molar-refractivity contribution in [2.45, 2.75) is 43.9 Å². The van der Waals surface area contributed by atoms with Gasteiger partial charge in [-0.3, -0.25) is 4.79 Å². The second-order valence-electron chi connectivity index (χ2n) is 5.60. The van der Waals surface area contributed by atoms with E-state index in [1.165, 1.54) is 0 Å². The van der Waals surface area contributed by atoms with E-state index in [1.54, 1.807) is 19.2 Å². The Morgan fingerprint density at radius 1 is 1.33 bits per heavy atom. The van der Waals surface area contributed by atoms with Crippen LogP contribution in [0, 0.1) is 0 Å². The van der Waals surface area contributed by atoms with E-state index in [4.69, 9.17) is 26.8 Å². The zero-order valence-electron chi connectivity index (χ0n) is 11.9. The fourth-order valence-corrected chi connectivity index (χ4v) is 3.20. The van der Waals surface area contributed by atoms with Crippen LogP contribution in [-0.4, -0.2) is 25.2 Å². The molecule has 1 fully saturated rings. The number of nitrogens with one attached hydrogen (secondary N) is 1. The van der Waals surface area contributed by atoms with Crippen LogP contribution in [0.1, 0.15) is 37.3 Å². The van der Waals surface area contributed by atoms with Crippen molar-refractivity contribution < 1.29 is 14.3 Å². The van der Waals surface area contributed by atoms with E-state index in [2.05, 4.69) is 5.32 Å². The predicted octanol–water partition coefficient (Wildman–Crippen LogP) is 2.63. The second-order valence-corrected chi connectivity index (χ2v) is 6.01. The van der Waals surface area contributed by atoms with E-state index in [9.17, 15) is 4.79 Å².